The lowest BCUT2D eigenvalue weighted by Gasteiger charge is -2.07. The van der Waals surface area contributed by atoms with Crippen molar-refractivity contribution in [2.24, 2.45) is 5.92 Å². The van der Waals surface area contributed by atoms with Gasteiger partial charge in [0, 0.05) is 24.5 Å². The largest absolute Gasteiger partial charge is 0.383 e. The molecule has 3 heterocycles. The fourth-order valence-electron chi connectivity index (χ4n) is 3.16. The Hall–Kier alpha value is -1.20. The van der Waals surface area contributed by atoms with Crippen LogP contribution in [0.5, 0.6) is 0 Å². The summed E-state index contributed by atoms with van der Waals surface area (Å²) in [4.78, 5) is 11.8. The maximum atomic E-state index is 6.17. The third kappa shape index (κ3) is 1.92. The number of aromatic nitrogens is 2. The van der Waals surface area contributed by atoms with Crippen molar-refractivity contribution < 1.29 is 4.74 Å². The molecule has 2 aliphatic rings. The summed E-state index contributed by atoms with van der Waals surface area (Å²) in [5.41, 5.74) is 7.58. The van der Waals surface area contributed by atoms with E-state index in [1.54, 1.807) is 0 Å². The normalized spacial score (nSPS) is 22.2. The van der Waals surface area contributed by atoms with Gasteiger partial charge in [-0.25, -0.2) is 9.97 Å². The number of hydrogen-bond acceptors (Lipinski definition) is 5. The molecule has 100 valence electrons. The van der Waals surface area contributed by atoms with Crippen molar-refractivity contribution in [1.82, 2.24) is 9.97 Å². The molecule has 5 heteroatoms. The summed E-state index contributed by atoms with van der Waals surface area (Å²) in [5.74, 6) is 2.13. The number of anilines is 1. The van der Waals surface area contributed by atoms with Crippen LogP contribution in [0.25, 0.3) is 10.2 Å². The molecule has 4 nitrogen and oxygen atoms in total. The van der Waals surface area contributed by atoms with Crippen LogP contribution in [-0.2, 0) is 24.0 Å². The molecular weight excluding hydrogens is 258 g/mol. The van der Waals surface area contributed by atoms with Gasteiger partial charge in [-0.2, -0.15) is 0 Å². The molecule has 1 saturated heterocycles. The zero-order valence-electron chi connectivity index (χ0n) is 10.8. The monoisotopic (exact) mass is 275 g/mol. The molecule has 0 amide bonds. The fourth-order valence-corrected chi connectivity index (χ4v) is 4.45. The van der Waals surface area contributed by atoms with E-state index in [9.17, 15) is 0 Å². The summed E-state index contributed by atoms with van der Waals surface area (Å²) >= 11 is 1.81. The second-order valence-corrected chi connectivity index (χ2v) is 6.58. The molecule has 1 fully saturated rings. The first-order valence-corrected chi connectivity index (χ1v) is 7.77. The molecule has 1 unspecified atom stereocenters. The maximum absolute atomic E-state index is 6.17. The molecular formula is C14H17N3OS. The quantitative estimate of drug-likeness (QED) is 0.914. The third-order valence-corrected chi connectivity index (χ3v) is 5.32. The standard InChI is InChI=1S/C14H17N3OS/c15-13-12-9-2-1-3-10(9)19-14(12)17-11(16-13)6-8-4-5-18-7-8/h8H,1-7H2,(H2,15,16,17). The van der Waals surface area contributed by atoms with Gasteiger partial charge in [0.1, 0.15) is 16.5 Å². The Morgan fingerprint density at radius 1 is 1.32 bits per heavy atom. The molecule has 0 spiro atoms. The Kier molecular flexibility index (Phi) is 2.70. The van der Waals surface area contributed by atoms with Gasteiger partial charge in [-0.3, -0.25) is 0 Å². The lowest BCUT2D eigenvalue weighted by atomic mass is 10.0. The van der Waals surface area contributed by atoms with E-state index in [1.165, 1.54) is 23.3 Å². The first kappa shape index (κ1) is 11.6. The van der Waals surface area contributed by atoms with E-state index < -0.39 is 0 Å². The number of nitrogens with two attached hydrogens (primary N) is 1. The highest BCUT2D eigenvalue weighted by atomic mass is 32.1. The third-order valence-electron chi connectivity index (χ3n) is 4.13. The highest BCUT2D eigenvalue weighted by Crippen LogP contribution is 2.38. The molecule has 2 aromatic rings. The van der Waals surface area contributed by atoms with E-state index in [2.05, 4.69) is 4.98 Å². The van der Waals surface area contributed by atoms with Gasteiger partial charge in [-0.1, -0.05) is 0 Å². The lowest BCUT2D eigenvalue weighted by Crippen LogP contribution is -2.08. The molecule has 4 rings (SSSR count). The summed E-state index contributed by atoms with van der Waals surface area (Å²) in [6.45, 7) is 1.71. The molecule has 0 bridgehead atoms. The van der Waals surface area contributed by atoms with E-state index in [0.717, 1.165) is 48.5 Å². The van der Waals surface area contributed by atoms with Gasteiger partial charge in [0.25, 0.3) is 0 Å². The Balaban J connectivity index is 1.73. The Labute approximate surface area is 116 Å². The number of ether oxygens (including phenoxy) is 1. The highest BCUT2D eigenvalue weighted by molar-refractivity contribution is 7.19. The van der Waals surface area contributed by atoms with Crippen LogP contribution in [0.2, 0.25) is 0 Å². The van der Waals surface area contributed by atoms with Gasteiger partial charge in [0.2, 0.25) is 0 Å². The predicted molar refractivity (Wildman–Crippen MR) is 76.5 cm³/mol. The number of fused-ring (bicyclic) bond motifs is 3. The second kappa shape index (κ2) is 4.42. The molecule has 0 radical (unpaired) electrons. The van der Waals surface area contributed by atoms with Crippen LogP contribution in [0.15, 0.2) is 0 Å². The predicted octanol–water partition coefficient (Wildman–Crippen LogP) is 2.34. The average Bonchev–Trinajstić information content (AvgIpc) is 3.03. The van der Waals surface area contributed by atoms with Gasteiger partial charge in [0.15, 0.2) is 0 Å². The first-order valence-electron chi connectivity index (χ1n) is 6.95. The van der Waals surface area contributed by atoms with E-state index in [4.69, 9.17) is 15.5 Å². The van der Waals surface area contributed by atoms with Crippen molar-refractivity contribution in [2.75, 3.05) is 18.9 Å². The number of nitrogen functional groups attached to an aromatic ring is 1. The molecule has 1 aliphatic carbocycles. The fraction of sp³-hybridized carbons (Fsp3) is 0.571. The summed E-state index contributed by atoms with van der Waals surface area (Å²) in [7, 11) is 0. The molecule has 1 aliphatic heterocycles. The number of rotatable bonds is 2. The van der Waals surface area contributed by atoms with E-state index >= 15 is 0 Å². The number of nitrogens with zero attached hydrogens (tertiary/aromatic N) is 2. The smallest absolute Gasteiger partial charge is 0.136 e. The lowest BCUT2D eigenvalue weighted by molar-refractivity contribution is 0.185. The van der Waals surface area contributed by atoms with Crippen molar-refractivity contribution in [3.8, 4) is 0 Å². The number of thiophene rings is 1. The highest BCUT2D eigenvalue weighted by Gasteiger charge is 2.23. The minimum atomic E-state index is 0.559. The zero-order chi connectivity index (χ0) is 12.8. The van der Waals surface area contributed by atoms with Crippen LogP contribution in [0, 0.1) is 5.92 Å². The molecule has 19 heavy (non-hydrogen) atoms. The number of aryl methyl sites for hydroxylation is 2. The summed E-state index contributed by atoms with van der Waals surface area (Å²) in [6.07, 6.45) is 5.57. The van der Waals surface area contributed by atoms with Crippen molar-refractivity contribution in [1.29, 1.82) is 0 Å². The van der Waals surface area contributed by atoms with Crippen molar-refractivity contribution in [3.05, 3.63) is 16.3 Å². The van der Waals surface area contributed by atoms with Gasteiger partial charge in [-0.15, -0.1) is 11.3 Å². The van der Waals surface area contributed by atoms with Crippen molar-refractivity contribution >= 4 is 27.4 Å². The maximum Gasteiger partial charge on any atom is 0.136 e. The Morgan fingerprint density at radius 2 is 2.26 bits per heavy atom. The Bertz CT molecular complexity index is 631. The van der Waals surface area contributed by atoms with Crippen molar-refractivity contribution in [3.63, 3.8) is 0 Å². The van der Waals surface area contributed by atoms with Crippen LogP contribution in [0.3, 0.4) is 0 Å². The molecule has 0 saturated carbocycles. The topological polar surface area (TPSA) is 61.0 Å². The zero-order valence-corrected chi connectivity index (χ0v) is 11.6. The molecule has 0 aromatic carbocycles. The van der Waals surface area contributed by atoms with Crippen LogP contribution in [-0.4, -0.2) is 23.2 Å². The van der Waals surface area contributed by atoms with E-state index in [-0.39, 0.29) is 0 Å². The number of hydrogen-bond donors (Lipinski definition) is 1. The average molecular weight is 275 g/mol. The summed E-state index contributed by atoms with van der Waals surface area (Å²) in [5, 5.41) is 1.13. The van der Waals surface area contributed by atoms with Crippen LogP contribution >= 0.6 is 11.3 Å². The molecule has 2 aromatic heterocycles. The van der Waals surface area contributed by atoms with E-state index in [0.29, 0.717) is 11.7 Å². The van der Waals surface area contributed by atoms with Gasteiger partial charge >= 0.3 is 0 Å². The van der Waals surface area contributed by atoms with Crippen LogP contribution in [0.1, 0.15) is 29.1 Å². The molecule has 1 atom stereocenters. The SMILES string of the molecule is Nc1nc(CC2CCOC2)nc2sc3c(c12)CCC3. The summed E-state index contributed by atoms with van der Waals surface area (Å²) < 4.78 is 5.41. The Morgan fingerprint density at radius 3 is 3.11 bits per heavy atom. The summed E-state index contributed by atoms with van der Waals surface area (Å²) in [6, 6.07) is 0. The molecule has 2 N–H and O–H groups in total. The van der Waals surface area contributed by atoms with Crippen molar-refractivity contribution in [2.45, 2.75) is 32.1 Å². The van der Waals surface area contributed by atoms with Gasteiger partial charge in [-0.05, 0) is 37.2 Å². The van der Waals surface area contributed by atoms with Gasteiger partial charge < -0.3 is 10.5 Å². The minimum absolute atomic E-state index is 0.559. The minimum Gasteiger partial charge on any atom is -0.383 e. The van der Waals surface area contributed by atoms with Crippen LogP contribution in [0.4, 0.5) is 5.82 Å². The second-order valence-electron chi connectivity index (χ2n) is 5.50. The first-order chi connectivity index (χ1) is 9.31. The van der Waals surface area contributed by atoms with Gasteiger partial charge in [0.05, 0.1) is 5.39 Å². The van der Waals surface area contributed by atoms with Crippen LogP contribution < -0.4 is 5.73 Å². The van der Waals surface area contributed by atoms with E-state index in [1.807, 2.05) is 11.3 Å².